The molecule has 146 valence electrons. The zero-order chi connectivity index (χ0) is 19.5. The van der Waals surface area contributed by atoms with E-state index in [0.29, 0.717) is 25.2 Å². The largest absolute Gasteiger partial charge is 0.508 e. The molecule has 1 aromatic heterocycles. The molecule has 1 heterocycles. The Hall–Kier alpha value is -2.61. The van der Waals surface area contributed by atoms with E-state index in [1.54, 1.807) is 23.5 Å². The highest BCUT2D eigenvalue weighted by molar-refractivity contribution is 7.11. The van der Waals surface area contributed by atoms with Crippen molar-refractivity contribution in [3.05, 3.63) is 45.9 Å². The van der Waals surface area contributed by atoms with E-state index >= 15 is 0 Å². The van der Waals surface area contributed by atoms with Crippen molar-refractivity contribution in [2.45, 2.75) is 26.7 Å². The Morgan fingerprint density at radius 2 is 1.89 bits per heavy atom. The summed E-state index contributed by atoms with van der Waals surface area (Å²) in [4.78, 5) is 22.3. The minimum atomic E-state index is -0.172. The average Bonchev–Trinajstić information content (AvgIpc) is 3.13. The van der Waals surface area contributed by atoms with Gasteiger partial charge in [-0.2, -0.15) is 0 Å². The highest BCUT2D eigenvalue weighted by atomic mass is 32.1. The van der Waals surface area contributed by atoms with Crippen LogP contribution in [-0.2, 0) is 12.8 Å². The monoisotopic (exact) mass is 389 g/mol. The number of hydrogen-bond acceptors (Lipinski definition) is 5. The van der Waals surface area contributed by atoms with E-state index in [9.17, 15) is 9.90 Å². The van der Waals surface area contributed by atoms with E-state index < -0.39 is 0 Å². The SMILES string of the molecule is CCNC(=NCCc1ncc(CC)s1)NCCNC(=O)c1ccc(O)cc1. The maximum atomic E-state index is 12.0. The van der Waals surface area contributed by atoms with Crippen molar-refractivity contribution in [2.24, 2.45) is 4.99 Å². The number of phenols is 1. The van der Waals surface area contributed by atoms with Crippen LogP contribution in [0.4, 0.5) is 0 Å². The molecule has 2 aromatic rings. The van der Waals surface area contributed by atoms with Gasteiger partial charge < -0.3 is 21.1 Å². The molecular weight excluding hydrogens is 362 g/mol. The fourth-order valence-corrected chi connectivity index (χ4v) is 3.16. The molecule has 2 rings (SSSR count). The third kappa shape index (κ3) is 7.26. The summed E-state index contributed by atoms with van der Waals surface area (Å²) in [6.07, 6.45) is 3.77. The van der Waals surface area contributed by atoms with Crippen LogP contribution in [0.25, 0.3) is 0 Å². The van der Waals surface area contributed by atoms with Crippen molar-refractivity contribution in [2.75, 3.05) is 26.2 Å². The van der Waals surface area contributed by atoms with Crippen molar-refractivity contribution in [1.82, 2.24) is 20.9 Å². The average molecular weight is 390 g/mol. The topological polar surface area (TPSA) is 98.6 Å². The van der Waals surface area contributed by atoms with Crippen LogP contribution in [0.5, 0.6) is 5.75 Å². The van der Waals surface area contributed by atoms with E-state index in [-0.39, 0.29) is 11.7 Å². The Morgan fingerprint density at radius 1 is 1.15 bits per heavy atom. The number of aromatic hydroxyl groups is 1. The van der Waals surface area contributed by atoms with Crippen molar-refractivity contribution in [1.29, 1.82) is 0 Å². The Balaban J connectivity index is 1.72. The van der Waals surface area contributed by atoms with E-state index in [1.165, 1.54) is 17.0 Å². The molecule has 27 heavy (non-hydrogen) atoms. The number of amides is 1. The van der Waals surface area contributed by atoms with Gasteiger partial charge in [-0.3, -0.25) is 9.79 Å². The number of carbonyl (C=O) groups is 1. The lowest BCUT2D eigenvalue weighted by atomic mass is 10.2. The molecule has 0 spiro atoms. The minimum Gasteiger partial charge on any atom is -0.508 e. The first-order chi connectivity index (χ1) is 13.1. The maximum Gasteiger partial charge on any atom is 0.251 e. The number of carbonyl (C=O) groups excluding carboxylic acids is 1. The molecular formula is C19H27N5O2S. The summed E-state index contributed by atoms with van der Waals surface area (Å²) >= 11 is 1.74. The Bertz CT molecular complexity index is 743. The molecule has 0 saturated heterocycles. The van der Waals surface area contributed by atoms with Crippen LogP contribution in [-0.4, -0.2) is 48.1 Å². The summed E-state index contributed by atoms with van der Waals surface area (Å²) in [5.41, 5.74) is 0.517. The van der Waals surface area contributed by atoms with E-state index in [2.05, 4.69) is 32.9 Å². The lowest BCUT2D eigenvalue weighted by molar-refractivity contribution is 0.0954. The van der Waals surface area contributed by atoms with Gasteiger partial charge in [-0.1, -0.05) is 6.92 Å². The molecule has 0 fully saturated rings. The van der Waals surface area contributed by atoms with Crippen LogP contribution in [0.1, 0.15) is 34.1 Å². The normalized spacial score (nSPS) is 11.3. The first-order valence-corrected chi connectivity index (χ1v) is 9.97. The molecule has 1 aromatic carbocycles. The van der Waals surface area contributed by atoms with Gasteiger partial charge in [0.25, 0.3) is 5.91 Å². The fraction of sp³-hybridized carbons (Fsp3) is 0.421. The van der Waals surface area contributed by atoms with Crippen molar-refractivity contribution in [3.8, 4) is 5.75 Å². The number of nitrogens with zero attached hydrogens (tertiary/aromatic N) is 2. The molecule has 0 bridgehead atoms. The standard InChI is InChI=1S/C19H27N5O2S/c1-3-16-13-24-17(27-16)9-10-22-19(20-4-2)23-12-11-21-18(26)14-5-7-15(25)8-6-14/h5-8,13,25H,3-4,9-12H2,1-2H3,(H,21,26)(H2,20,22,23). The number of aliphatic imine (C=N–C) groups is 1. The fourth-order valence-electron chi connectivity index (χ4n) is 2.30. The summed E-state index contributed by atoms with van der Waals surface area (Å²) in [6.45, 7) is 6.60. The predicted molar refractivity (Wildman–Crippen MR) is 110 cm³/mol. The first-order valence-electron chi connectivity index (χ1n) is 9.15. The maximum absolute atomic E-state index is 12.0. The van der Waals surface area contributed by atoms with Gasteiger partial charge >= 0.3 is 0 Å². The number of nitrogens with one attached hydrogen (secondary N) is 3. The van der Waals surface area contributed by atoms with Gasteiger partial charge in [0.05, 0.1) is 5.01 Å². The molecule has 0 aliphatic rings. The second-order valence-corrected chi connectivity index (χ2v) is 7.01. The van der Waals surface area contributed by atoms with Crippen molar-refractivity contribution >= 4 is 23.2 Å². The number of hydrogen-bond donors (Lipinski definition) is 4. The zero-order valence-corrected chi connectivity index (χ0v) is 16.6. The van der Waals surface area contributed by atoms with Crippen LogP contribution >= 0.6 is 11.3 Å². The lowest BCUT2D eigenvalue weighted by Crippen LogP contribution is -2.41. The molecule has 0 unspecified atom stereocenters. The summed E-state index contributed by atoms with van der Waals surface area (Å²) in [6, 6.07) is 6.17. The number of rotatable bonds is 9. The number of aryl methyl sites for hydroxylation is 1. The number of phenolic OH excluding ortho intramolecular Hbond substituents is 1. The molecule has 0 atom stereocenters. The summed E-state index contributed by atoms with van der Waals surface area (Å²) in [5.74, 6) is 0.696. The van der Waals surface area contributed by atoms with Crippen LogP contribution < -0.4 is 16.0 Å². The third-order valence-electron chi connectivity index (χ3n) is 3.72. The van der Waals surface area contributed by atoms with Crippen LogP contribution in [0, 0.1) is 0 Å². The molecule has 7 nitrogen and oxygen atoms in total. The van der Waals surface area contributed by atoms with E-state index in [0.717, 1.165) is 30.4 Å². The Labute approximate surface area is 163 Å². The van der Waals surface area contributed by atoms with Gasteiger partial charge in [0.2, 0.25) is 0 Å². The number of guanidine groups is 1. The smallest absolute Gasteiger partial charge is 0.251 e. The number of aromatic nitrogens is 1. The quantitative estimate of drug-likeness (QED) is 0.298. The zero-order valence-electron chi connectivity index (χ0n) is 15.8. The number of benzene rings is 1. The molecule has 4 N–H and O–H groups in total. The van der Waals surface area contributed by atoms with Gasteiger partial charge in [-0.25, -0.2) is 4.98 Å². The van der Waals surface area contributed by atoms with Crippen LogP contribution in [0.2, 0.25) is 0 Å². The van der Waals surface area contributed by atoms with Gasteiger partial charge in [-0.05, 0) is 37.6 Å². The van der Waals surface area contributed by atoms with Gasteiger partial charge in [0, 0.05) is 49.2 Å². The van der Waals surface area contributed by atoms with Crippen LogP contribution in [0.3, 0.4) is 0 Å². The van der Waals surface area contributed by atoms with Crippen LogP contribution in [0.15, 0.2) is 35.5 Å². The minimum absolute atomic E-state index is 0.142. The molecule has 8 heteroatoms. The highest BCUT2D eigenvalue weighted by Crippen LogP contribution is 2.13. The summed E-state index contributed by atoms with van der Waals surface area (Å²) < 4.78 is 0. The molecule has 1 amide bonds. The van der Waals surface area contributed by atoms with Crippen molar-refractivity contribution < 1.29 is 9.90 Å². The van der Waals surface area contributed by atoms with Gasteiger partial charge in [0.1, 0.15) is 5.75 Å². The second kappa shape index (κ2) is 11.2. The highest BCUT2D eigenvalue weighted by Gasteiger charge is 2.05. The van der Waals surface area contributed by atoms with Gasteiger partial charge in [-0.15, -0.1) is 11.3 Å². The van der Waals surface area contributed by atoms with E-state index in [4.69, 9.17) is 0 Å². The molecule has 0 aliphatic heterocycles. The van der Waals surface area contributed by atoms with E-state index in [1.807, 2.05) is 13.1 Å². The van der Waals surface area contributed by atoms with Crippen molar-refractivity contribution in [3.63, 3.8) is 0 Å². The predicted octanol–water partition coefficient (Wildman–Crippen LogP) is 1.94. The Kier molecular flexibility index (Phi) is 8.57. The molecule has 0 radical (unpaired) electrons. The van der Waals surface area contributed by atoms with Gasteiger partial charge in [0.15, 0.2) is 5.96 Å². The molecule has 0 saturated carbocycles. The Morgan fingerprint density at radius 3 is 2.56 bits per heavy atom. The number of thiazole rings is 1. The summed E-state index contributed by atoms with van der Waals surface area (Å²) in [5, 5.41) is 19.6. The second-order valence-electron chi connectivity index (χ2n) is 5.81. The summed E-state index contributed by atoms with van der Waals surface area (Å²) in [7, 11) is 0. The lowest BCUT2D eigenvalue weighted by Gasteiger charge is -2.11. The molecule has 0 aliphatic carbocycles. The third-order valence-corrected chi connectivity index (χ3v) is 4.92. The first kappa shape index (κ1) is 20.7.